The summed E-state index contributed by atoms with van der Waals surface area (Å²) in [5.41, 5.74) is 2.96. The van der Waals surface area contributed by atoms with Crippen LogP contribution in [-0.4, -0.2) is 52.7 Å². The van der Waals surface area contributed by atoms with Crippen LogP contribution in [0.1, 0.15) is 24.3 Å². The molecule has 9 heteroatoms. The van der Waals surface area contributed by atoms with Gasteiger partial charge >= 0.3 is 0 Å². The number of carbonyl (C=O) groups is 1. The highest BCUT2D eigenvalue weighted by Gasteiger charge is 2.23. The van der Waals surface area contributed by atoms with Gasteiger partial charge in [-0.15, -0.1) is 10.2 Å². The number of hydrogen-bond donors (Lipinski definition) is 1. The predicted octanol–water partition coefficient (Wildman–Crippen LogP) is 4.13. The fraction of sp³-hybridized carbons (Fsp3) is 0.320. The van der Waals surface area contributed by atoms with E-state index in [0.29, 0.717) is 18.4 Å². The topological polar surface area (TPSA) is 85.4 Å². The highest BCUT2D eigenvalue weighted by atomic mass is 32.2. The second-order valence-corrected chi connectivity index (χ2v) is 9.26. The molecule has 1 atom stereocenters. The van der Waals surface area contributed by atoms with Gasteiger partial charge in [-0.05, 0) is 38.1 Å². The molecule has 0 aliphatic carbocycles. The Morgan fingerprint density at radius 2 is 1.88 bits per heavy atom. The number of thioether (sulfide) groups is 1. The van der Waals surface area contributed by atoms with Crippen molar-refractivity contribution in [2.24, 2.45) is 0 Å². The van der Waals surface area contributed by atoms with Crippen LogP contribution in [0.4, 0.5) is 5.95 Å². The lowest BCUT2D eigenvalue weighted by Crippen LogP contribution is -2.37. The minimum atomic E-state index is -0.237. The van der Waals surface area contributed by atoms with E-state index >= 15 is 0 Å². The number of carbonyl (C=O) groups excluding carboxylic acids is 1. The predicted molar refractivity (Wildman–Crippen MR) is 133 cm³/mol. The van der Waals surface area contributed by atoms with Crippen LogP contribution in [0.25, 0.3) is 16.7 Å². The van der Waals surface area contributed by atoms with Gasteiger partial charge in [0, 0.05) is 18.5 Å². The highest BCUT2D eigenvalue weighted by Crippen LogP contribution is 2.28. The number of benzene rings is 2. The first-order valence-corrected chi connectivity index (χ1v) is 12.3. The van der Waals surface area contributed by atoms with Crippen molar-refractivity contribution in [2.75, 3.05) is 37.0 Å². The summed E-state index contributed by atoms with van der Waals surface area (Å²) in [6.07, 6.45) is 0. The number of rotatable bonds is 7. The summed E-state index contributed by atoms with van der Waals surface area (Å²) in [5, 5.41) is 13.6. The molecule has 0 radical (unpaired) electrons. The van der Waals surface area contributed by atoms with Gasteiger partial charge in [0.1, 0.15) is 11.3 Å². The van der Waals surface area contributed by atoms with Crippen LogP contribution in [0.3, 0.4) is 0 Å². The van der Waals surface area contributed by atoms with Crippen molar-refractivity contribution >= 4 is 34.6 Å². The van der Waals surface area contributed by atoms with Crippen LogP contribution in [0.5, 0.6) is 0 Å². The van der Waals surface area contributed by atoms with Crippen molar-refractivity contribution in [1.82, 2.24) is 20.1 Å². The monoisotopic (exact) mass is 477 g/mol. The molecule has 0 saturated carbocycles. The van der Waals surface area contributed by atoms with Crippen molar-refractivity contribution < 1.29 is 13.9 Å². The molecule has 1 N–H and O–H groups in total. The van der Waals surface area contributed by atoms with Gasteiger partial charge in [0.05, 0.1) is 30.7 Å². The maximum Gasteiger partial charge on any atom is 0.232 e. The number of ether oxygens (including phenoxy) is 1. The number of para-hydroxylation sites is 1. The lowest BCUT2D eigenvalue weighted by Gasteiger charge is -2.28. The smallest absolute Gasteiger partial charge is 0.232 e. The Morgan fingerprint density at radius 1 is 1.12 bits per heavy atom. The summed E-state index contributed by atoms with van der Waals surface area (Å²) < 4.78 is 13.4. The number of hydrogen-bond acceptors (Lipinski definition) is 7. The van der Waals surface area contributed by atoms with E-state index in [0.717, 1.165) is 41.5 Å². The molecule has 1 fully saturated rings. The van der Waals surface area contributed by atoms with Crippen LogP contribution >= 0.6 is 11.8 Å². The van der Waals surface area contributed by atoms with Gasteiger partial charge in [-0.2, -0.15) is 0 Å². The molecule has 5 rings (SSSR count). The SMILES string of the molecule is Cc1ccc(-n2c(SCC(=O)N[C@@H](C)c3cc4ccccc4o3)nnc2N2CCOCC2)cc1. The van der Waals surface area contributed by atoms with E-state index in [1.54, 1.807) is 0 Å². The van der Waals surface area contributed by atoms with Gasteiger partial charge in [-0.1, -0.05) is 47.7 Å². The van der Waals surface area contributed by atoms with Crippen molar-refractivity contribution in [3.8, 4) is 5.69 Å². The zero-order valence-electron chi connectivity index (χ0n) is 19.2. The van der Waals surface area contributed by atoms with E-state index in [9.17, 15) is 4.79 Å². The van der Waals surface area contributed by atoms with E-state index in [1.165, 1.54) is 17.3 Å². The molecule has 1 amide bonds. The first-order chi connectivity index (χ1) is 16.6. The fourth-order valence-corrected chi connectivity index (χ4v) is 4.70. The summed E-state index contributed by atoms with van der Waals surface area (Å²) in [5.74, 6) is 1.63. The number of furan rings is 1. The van der Waals surface area contributed by atoms with Gasteiger partial charge in [0.25, 0.3) is 0 Å². The fourth-order valence-electron chi connectivity index (χ4n) is 3.94. The summed E-state index contributed by atoms with van der Waals surface area (Å²) >= 11 is 1.37. The minimum Gasteiger partial charge on any atom is -0.459 e. The number of morpholine rings is 1. The number of aryl methyl sites for hydroxylation is 1. The van der Waals surface area contributed by atoms with Gasteiger partial charge in [0.15, 0.2) is 5.16 Å². The largest absolute Gasteiger partial charge is 0.459 e. The van der Waals surface area contributed by atoms with Gasteiger partial charge < -0.3 is 19.4 Å². The Labute approximate surface area is 202 Å². The molecule has 1 saturated heterocycles. The molecule has 2 aromatic carbocycles. The summed E-state index contributed by atoms with van der Waals surface area (Å²) in [6, 6.07) is 17.8. The second kappa shape index (κ2) is 9.90. The van der Waals surface area contributed by atoms with E-state index in [1.807, 2.05) is 41.8 Å². The zero-order valence-corrected chi connectivity index (χ0v) is 20.0. The third-order valence-corrected chi connectivity index (χ3v) is 6.71. The Hall–Kier alpha value is -3.30. The number of fused-ring (bicyclic) bond motifs is 1. The molecule has 1 aliphatic heterocycles. The summed E-state index contributed by atoms with van der Waals surface area (Å²) in [6.45, 7) is 6.80. The van der Waals surface area contributed by atoms with Crippen LogP contribution < -0.4 is 10.2 Å². The molecular formula is C25H27N5O3S. The molecule has 176 valence electrons. The standard InChI is InChI=1S/C25H27N5O3S/c1-17-7-9-20(10-8-17)30-24(29-11-13-32-14-12-29)27-28-25(30)34-16-23(31)26-18(2)22-15-19-5-3-4-6-21(19)33-22/h3-10,15,18H,11-14,16H2,1-2H3,(H,26,31)/t18-/m0/s1. The quantitative estimate of drug-likeness (QED) is 0.401. The van der Waals surface area contributed by atoms with Crippen LogP contribution in [0.15, 0.2) is 64.2 Å². The molecule has 4 aromatic rings. The zero-order chi connectivity index (χ0) is 23.5. The Kier molecular flexibility index (Phi) is 6.55. The molecule has 0 bridgehead atoms. The number of anilines is 1. The summed E-state index contributed by atoms with van der Waals surface area (Å²) in [4.78, 5) is 14.9. The first kappa shape index (κ1) is 22.5. The minimum absolute atomic E-state index is 0.0932. The molecular weight excluding hydrogens is 450 g/mol. The van der Waals surface area contributed by atoms with Gasteiger partial charge in [-0.3, -0.25) is 9.36 Å². The molecule has 1 aliphatic rings. The lowest BCUT2D eigenvalue weighted by atomic mass is 10.2. The molecule has 0 unspecified atom stereocenters. The average Bonchev–Trinajstić information content (AvgIpc) is 3.48. The van der Waals surface area contributed by atoms with Gasteiger partial charge in [-0.25, -0.2) is 0 Å². The first-order valence-electron chi connectivity index (χ1n) is 11.3. The van der Waals surface area contributed by atoms with Crippen molar-refractivity contribution in [2.45, 2.75) is 25.0 Å². The van der Waals surface area contributed by atoms with Gasteiger partial charge in [0.2, 0.25) is 11.9 Å². The van der Waals surface area contributed by atoms with Crippen molar-refractivity contribution in [1.29, 1.82) is 0 Å². The maximum atomic E-state index is 12.8. The maximum absolute atomic E-state index is 12.8. The van der Waals surface area contributed by atoms with Crippen LogP contribution in [0, 0.1) is 6.92 Å². The Bertz CT molecular complexity index is 1240. The molecule has 3 heterocycles. The van der Waals surface area contributed by atoms with Crippen molar-refractivity contribution in [3.63, 3.8) is 0 Å². The number of aromatic nitrogens is 3. The molecule has 2 aromatic heterocycles. The third-order valence-electron chi connectivity index (χ3n) is 5.78. The third kappa shape index (κ3) is 4.80. The molecule has 34 heavy (non-hydrogen) atoms. The Balaban J connectivity index is 1.30. The average molecular weight is 478 g/mol. The Morgan fingerprint density at radius 3 is 2.65 bits per heavy atom. The number of amides is 1. The molecule has 0 spiro atoms. The van der Waals surface area contributed by atoms with Crippen molar-refractivity contribution in [3.05, 3.63) is 65.9 Å². The number of nitrogens with zero attached hydrogens (tertiary/aromatic N) is 4. The van der Waals surface area contributed by atoms with E-state index in [2.05, 4.69) is 51.6 Å². The molecule has 8 nitrogen and oxygen atoms in total. The normalized spacial score (nSPS) is 14.9. The number of nitrogens with one attached hydrogen (secondary N) is 1. The second-order valence-electron chi connectivity index (χ2n) is 8.32. The van der Waals surface area contributed by atoms with E-state index < -0.39 is 0 Å². The van der Waals surface area contributed by atoms with Crippen LogP contribution in [0.2, 0.25) is 0 Å². The van der Waals surface area contributed by atoms with Crippen LogP contribution in [-0.2, 0) is 9.53 Å². The highest BCUT2D eigenvalue weighted by molar-refractivity contribution is 7.99. The van der Waals surface area contributed by atoms with E-state index in [-0.39, 0.29) is 17.7 Å². The summed E-state index contributed by atoms with van der Waals surface area (Å²) in [7, 11) is 0. The lowest BCUT2D eigenvalue weighted by molar-refractivity contribution is -0.119. The van der Waals surface area contributed by atoms with E-state index in [4.69, 9.17) is 9.15 Å².